The number of amides is 3. The van der Waals surface area contributed by atoms with Crippen LogP contribution in [0.15, 0.2) is 24.3 Å². The average Bonchev–Trinajstić information content (AvgIpc) is 3.02. The highest BCUT2D eigenvalue weighted by Gasteiger charge is 2.52. The molecule has 0 unspecified atom stereocenters. The van der Waals surface area contributed by atoms with Gasteiger partial charge in [-0.15, -0.1) is 23.2 Å². The van der Waals surface area contributed by atoms with Crippen LogP contribution in [0.4, 0.5) is 4.79 Å². The molecule has 1 aromatic rings. The summed E-state index contributed by atoms with van der Waals surface area (Å²) in [4.78, 5) is 36.6. The minimum absolute atomic E-state index is 0.0221. The third kappa shape index (κ3) is 3.43. The molecular weight excluding hydrogens is 343 g/mol. The van der Waals surface area contributed by atoms with Gasteiger partial charge < -0.3 is 10.1 Å². The van der Waals surface area contributed by atoms with Crippen molar-refractivity contribution in [2.24, 2.45) is 5.92 Å². The summed E-state index contributed by atoms with van der Waals surface area (Å²) in [6.07, 6.45) is 0.591. The van der Waals surface area contributed by atoms with Gasteiger partial charge in [0.25, 0.3) is 0 Å². The summed E-state index contributed by atoms with van der Waals surface area (Å²) in [5.74, 6) is -0.915. The minimum atomic E-state index is -0.806. The number of rotatable bonds is 5. The van der Waals surface area contributed by atoms with E-state index in [4.69, 9.17) is 27.9 Å². The fraction of sp³-hybridized carbons (Fsp3) is 0.400. The van der Waals surface area contributed by atoms with Gasteiger partial charge in [-0.1, -0.05) is 18.2 Å². The van der Waals surface area contributed by atoms with Crippen molar-refractivity contribution < 1.29 is 19.1 Å². The van der Waals surface area contributed by atoms with E-state index in [9.17, 15) is 14.4 Å². The van der Waals surface area contributed by atoms with Crippen molar-refractivity contribution in [2.45, 2.75) is 17.3 Å². The van der Waals surface area contributed by atoms with Crippen LogP contribution in [-0.4, -0.2) is 40.3 Å². The van der Waals surface area contributed by atoms with Gasteiger partial charge in [0.05, 0.1) is 25.3 Å². The molecule has 0 bridgehead atoms. The van der Waals surface area contributed by atoms with Crippen LogP contribution < -0.4 is 5.32 Å². The van der Waals surface area contributed by atoms with Crippen LogP contribution in [0.3, 0.4) is 0 Å². The Labute approximate surface area is 142 Å². The summed E-state index contributed by atoms with van der Waals surface area (Å²) in [5, 5.41) is 2.44. The lowest BCUT2D eigenvalue weighted by Crippen LogP contribution is -2.31. The number of nitrogens with one attached hydrogen (secondary N) is 1. The Balaban J connectivity index is 1.69. The maximum Gasteiger partial charge on any atom is 0.338 e. The monoisotopic (exact) mass is 356 g/mol. The van der Waals surface area contributed by atoms with E-state index in [1.165, 1.54) is 0 Å². The zero-order valence-corrected chi connectivity index (χ0v) is 13.6. The fourth-order valence-corrected chi connectivity index (χ4v) is 2.85. The molecule has 1 saturated heterocycles. The lowest BCUT2D eigenvalue weighted by atomic mass is 10.1. The Morgan fingerprint density at radius 3 is 2.65 bits per heavy atom. The van der Waals surface area contributed by atoms with E-state index in [0.717, 1.165) is 4.90 Å². The number of alkyl halides is 2. The fourth-order valence-electron chi connectivity index (χ4n) is 2.35. The van der Waals surface area contributed by atoms with Gasteiger partial charge in [0.2, 0.25) is 5.91 Å². The van der Waals surface area contributed by atoms with Crippen LogP contribution in [0, 0.1) is 5.92 Å². The summed E-state index contributed by atoms with van der Waals surface area (Å²) in [5.41, 5.74) is 0.858. The molecule has 2 fully saturated rings. The molecule has 6 nitrogen and oxygen atoms in total. The van der Waals surface area contributed by atoms with Crippen LogP contribution in [-0.2, 0) is 16.1 Å². The van der Waals surface area contributed by atoms with E-state index in [0.29, 0.717) is 17.5 Å². The van der Waals surface area contributed by atoms with Gasteiger partial charge in [-0.05, 0) is 18.1 Å². The molecule has 1 aliphatic heterocycles. The lowest BCUT2D eigenvalue weighted by molar-refractivity contribution is -0.125. The molecule has 8 heteroatoms. The predicted octanol–water partition coefficient (Wildman–Crippen LogP) is 2.09. The van der Waals surface area contributed by atoms with Gasteiger partial charge in [-0.2, -0.15) is 0 Å². The molecule has 0 aromatic heterocycles. The predicted molar refractivity (Wildman–Crippen MR) is 83.2 cm³/mol. The van der Waals surface area contributed by atoms with Crippen molar-refractivity contribution in [1.29, 1.82) is 0 Å². The molecule has 1 saturated carbocycles. The Morgan fingerprint density at radius 1 is 1.35 bits per heavy atom. The third-order valence-corrected chi connectivity index (χ3v) is 4.80. The van der Waals surface area contributed by atoms with E-state index >= 15 is 0 Å². The van der Waals surface area contributed by atoms with Crippen LogP contribution in [0.25, 0.3) is 0 Å². The number of carbonyl (C=O) groups is 3. The van der Waals surface area contributed by atoms with E-state index in [1.807, 2.05) is 0 Å². The molecule has 1 N–H and O–H groups in total. The van der Waals surface area contributed by atoms with Crippen molar-refractivity contribution in [1.82, 2.24) is 10.2 Å². The molecule has 3 rings (SSSR count). The maximum atomic E-state index is 12.2. The molecule has 122 valence electrons. The number of ether oxygens (including phenoxy) is 1. The van der Waals surface area contributed by atoms with Gasteiger partial charge in [-0.3, -0.25) is 9.69 Å². The number of benzene rings is 1. The normalized spacial score (nSPS) is 22.0. The highest BCUT2D eigenvalue weighted by molar-refractivity contribution is 6.50. The summed E-state index contributed by atoms with van der Waals surface area (Å²) >= 11 is 11.8. The Hall–Kier alpha value is -1.79. The van der Waals surface area contributed by atoms with Gasteiger partial charge in [0, 0.05) is 5.92 Å². The SMILES string of the molecule is O=C(OC[C@H]1CC1(Cl)Cl)c1ccccc1CN1C(=O)CNC1=O. The Kier molecular flexibility index (Phi) is 4.21. The Bertz CT molecular complexity index is 661. The largest absolute Gasteiger partial charge is 0.462 e. The number of hydrogen-bond acceptors (Lipinski definition) is 4. The summed E-state index contributed by atoms with van der Waals surface area (Å²) in [6, 6.07) is 6.23. The zero-order chi connectivity index (χ0) is 16.6. The van der Waals surface area contributed by atoms with Crippen molar-refractivity contribution >= 4 is 41.1 Å². The first-order chi connectivity index (χ1) is 10.9. The van der Waals surface area contributed by atoms with E-state index < -0.39 is 16.3 Å². The van der Waals surface area contributed by atoms with E-state index in [2.05, 4.69) is 5.32 Å². The third-order valence-electron chi connectivity index (χ3n) is 3.87. The lowest BCUT2D eigenvalue weighted by Gasteiger charge is -2.15. The molecule has 23 heavy (non-hydrogen) atoms. The first kappa shape index (κ1) is 16.1. The molecule has 1 atom stereocenters. The first-order valence-electron chi connectivity index (χ1n) is 7.09. The van der Waals surface area contributed by atoms with Crippen molar-refractivity contribution in [3.8, 4) is 0 Å². The van der Waals surface area contributed by atoms with Crippen molar-refractivity contribution in [2.75, 3.05) is 13.2 Å². The summed E-state index contributed by atoms with van der Waals surface area (Å²) in [6.45, 7) is 0.137. The minimum Gasteiger partial charge on any atom is -0.462 e. The zero-order valence-electron chi connectivity index (χ0n) is 12.1. The van der Waals surface area contributed by atoms with Gasteiger partial charge in [0.1, 0.15) is 4.33 Å². The molecule has 0 radical (unpaired) electrons. The molecular formula is C15H14Cl2N2O4. The molecule has 3 amide bonds. The second kappa shape index (κ2) is 6.02. The number of hydrogen-bond donors (Lipinski definition) is 1. The summed E-state index contributed by atoms with van der Waals surface area (Å²) < 4.78 is 4.43. The standard InChI is InChI=1S/C15H14Cl2N2O4/c16-15(17)5-10(15)8-23-13(21)11-4-2-1-3-9(11)7-19-12(20)6-18-14(19)22/h1-4,10H,5-8H2,(H,18,22)/t10-/m1/s1. The molecule has 2 aliphatic rings. The number of imide groups is 1. The van der Waals surface area contributed by atoms with E-state index in [1.54, 1.807) is 24.3 Å². The smallest absolute Gasteiger partial charge is 0.338 e. The number of nitrogens with zero attached hydrogens (tertiary/aromatic N) is 1. The second-order valence-corrected chi connectivity index (χ2v) is 7.10. The van der Waals surface area contributed by atoms with Crippen molar-refractivity contribution in [3.05, 3.63) is 35.4 Å². The van der Waals surface area contributed by atoms with E-state index in [-0.39, 0.29) is 31.5 Å². The average molecular weight is 357 g/mol. The van der Waals surface area contributed by atoms with Crippen molar-refractivity contribution in [3.63, 3.8) is 0 Å². The summed E-state index contributed by atoms with van der Waals surface area (Å²) in [7, 11) is 0. The second-order valence-electron chi connectivity index (χ2n) is 5.56. The van der Waals surface area contributed by atoms with Gasteiger partial charge >= 0.3 is 12.0 Å². The van der Waals surface area contributed by atoms with Crippen LogP contribution >= 0.6 is 23.2 Å². The number of carbonyl (C=O) groups excluding carboxylic acids is 3. The molecule has 1 aromatic carbocycles. The topological polar surface area (TPSA) is 75.7 Å². The highest BCUT2D eigenvalue weighted by atomic mass is 35.5. The molecule has 1 heterocycles. The van der Waals surface area contributed by atoms with Gasteiger partial charge in [-0.25, -0.2) is 9.59 Å². The van der Waals surface area contributed by atoms with Gasteiger partial charge in [0.15, 0.2) is 0 Å². The van der Waals surface area contributed by atoms with Crippen LogP contribution in [0.2, 0.25) is 0 Å². The number of urea groups is 1. The maximum absolute atomic E-state index is 12.2. The highest BCUT2D eigenvalue weighted by Crippen LogP contribution is 2.53. The number of halogens is 2. The molecule has 1 aliphatic carbocycles. The quantitative estimate of drug-likeness (QED) is 0.497. The molecule has 0 spiro atoms. The van der Waals surface area contributed by atoms with Crippen LogP contribution in [0.1, 0.15) is 22.3 Å². The van der Waals surface area contributed by atoms with Crippen LogP contribution in [0.5, 0.6) is 0 Å². The first-order valence-corrected chi connectivity index (χ1v) is 7.85. The Morgan fingerprint density at radius 2 is 2.04 bits per heavy atom. The number of esters is 1.